The second-order valence-electron chi connectivity index (χ2n) is 5.17. The Bertz CT molecular complexity index is 388. The van der Waals surface area contributed by atoms with Gasteiger partial charge in [-0.1, -0.05) is 59.3 Å². The molecule has 0 unspecified atom stereocenters. The summed E-state index contributed by atoms with van der Waals surface area (Å²) >= 11 is 0. The third-order valence-electron chi connectivity index (χ3n) is 3.23. The Hall–Kier alpha value is -0.781. The van der Waals surface area contributed by atoms with Crippen LogP contribution in [0.2, 0.25) is 0 Å². The third kappa shape index (κ3) is 7.72. The quantitative estimate of drug-likeness (QED) is 0.476. The maximum atomic E-state index is 2.34. The molecule has 0 aliphatic rings. The minimum Gasteiger partial charge on any atom is -0.213 e. The summed E-state index contributed by atoms with van der Waals surface area (Å²) < 4.78 is 0. The first kappa shape index (κ1) is 19.2. The summed E-state index contributed by atoms with van der Waals surface area (Å²) in [7, 11) is 0. The van der Waals surface area contributed by atoms with Crippen LogP contribution in [0, 0.1) is 0 Å². The van der Waals surface area contributed by atoms with Crippen LogP contribution in [-0.4, -0.2) is 0 Å². The average Bonchev–Trinajstić information content (AvgIpc) is 3.04. The molecule has 0 atom stereocenters. The topological polar surface area (TPSA) is 0 Å². The van der Waals surface area contributed by atoms with E-state index in [4.69, 9.17) is 0 Å². The Labute approximate surface area is 135 Å². The van der Waals surface area contributed by atoms with Crippen molar-refractivity contribution in [2.24, 2.45) is 0 Å². The zero-order chi connectivity index (χ0) is 13.9. The Morgan fingerprint density at radius 2 is 1.50 bits per heavy atom. The molecule has 0 fully saturated rings. The molecule has 0 aromatic heterocycles. The SMILES string of the molecule is CCCc1c[cH-]c(CCC)c1.CCCc1ccc[cH-]1.[Fe+2]. The van der Waals surface area contributed by atoms with E-state index >= 15 is 0 Å². The van der Waals surface area contributed by atoms with E-state index in [9.17, 15) is 0 Å². The predicted octanol–water partition coefficient (Wildman–Crippen LogP) is 5.67. The Morgan fingerprint density at radius 1 is 0.850 bits per heavy atom. The first-order valence-electron chi connectivity index (χ1n) is 7.75. The largest absolute Gasteiger partial charge is 2.00 e. The van der Waals surface area contributed by atoms with E-state index in [1.807, 2.05) is 0 Å². The molecule has 0 amide bonds. The van der Waals surface area contributed by atoms with E-state index in [-0.39, 0.29) is 17.1 Å². The minimum absolute atomic E-state index is 0. The van der Waals surface area contributed by atoms with Crippen LogP contribution in [-0.2, 0) is 36.3 Å². The Morgan fingerprint density at radius 3 is 2.05 bits per heavy atom. The van der Waals surface area contributed by atoms with Gasteiger partial charge in [-0.25, -0.2) is 18.2 Å². The Kier molecular flexibility index (Phi) is 11.5. The van der Waals surface area contributed by atoms with Crippen molar-refractivity contribution in [1.82, 2.24) is 0 Å². The van der Waals surface area contributed by atoms with Gasteiger partial charge in [0.2, 0.25) is 0 Å². The number of aryl methyl sites for hydroxylation is 3. The van der Waals surface area contributed by atoms with Gasteiger partial charge in [0.15, 0.2) is 0 Å². The molecule has 0 bridgehead atoms. The van der Waals surface area contributed by atoms with E-state index < -0.39 is 0 Å². The van der Waals surface area contributed by atoms with Crippen molar-refractivity contribution in [3.63, 3.8) is 0 Å². The summed E-state index contributed by atoms with van der Waals surface area (Å²) in [6.07, 6.45) is 7.48. The maximum Gasteiger partial charge on any atom is 2.00 e. The second kappa shape index (κ2) is 12.0. The molecule has 0 N–H and O–H groups in total. The molecule has 2 aromatic carbocycles. The molecule has 2 aromatic rings. The van der Waals surface area contributed by atoms with Crippen LogP contribution in [0.1, 0.15) is 56.7 Å². The molecule has 0 heterocycles. The van der Waals surface area contributed by atoms with Gasteiger partial charge >= 0.3 is 17.1 Å². The second-order valence-corrected chi connectivity index (χ2v) is 5.17. The molecule has 0 saturated heterocycles. The summed E-state index contributed by atoms with van der Waals surface area (Å²) in [4.78, 5) is 0. The van der Waals surface area contributed by atoms with Crippen molar-refractivity contribution in [2.45, 2.75) is 59.3 Å². The molecule has 112 valence electrons. The van der Waals surface area contributed by atoms with Gasteiger partial charge in [-0.3, -0.25) is 0 Å². The normalized spacial score (nSPS) is 9.55. The summed E-state index contributed by atoms with van der Waals surface area (Å²) in [6.45, 7) is 6.66. The Balaban J connectivity index is 0.000000359. The van der Waals surface area contributed by atoms with Gasteiger partial charge in [-0.15, -0.1) is 0 Å². The van der Waals surface area contributed by atoms with Crippen molar-refractivity contribution in [2.75, 3.05) is 0 Å². The maximum absolute atomic E-state index is 2.34. The fourth-order valence-electron chi connectivity index (χ4n) is 2.31. The number of hydrogen-bond acceptors (Lipinski definition) is 0. The first-order valence-corrected chi connectivity index (χ1v) is 7.75. The van der Waals surface area contributed by atoms with Crippen LogP contribution in [0.5, 0.6) is 0 Å². The molecular formula is C19H28Fe. The van der Waals surface area contributed by atoms with Crippen LogP contribution in [0.4, 0.5) is 0 Å². The van der Waals surface area contributed by atoms with Gasteiger partial charge in [0.05, 0.1) is 0 Å². The van der Waals surface area contributed by atoms with Gasteiger partial charge in [0, 0.05) is 0 Å². The molecule has 0 nitrogen and oxygen atoms in total. The van der Waals surface area contributed by atoms with Crippen LogP contribution in [0.3, 0.4) is 0 Å². The zero-order valence-corrected chi connectivity index (χ0v) is 14.2. The van der Waals surface area contributed by atoms with E-state index in [0.717, 1.165) is 0 Å². The van der Waals surface area contributed by atoms with Crippen LogP contribution >= 0.6 is 0 Å². The van der Waals surface area contributed by atoms with Gasteiger partial charge in [0.1, 0.15) is 0 Å². The third-order valence-corrected chi connectivity index (χ3v) is 3.23. The van der Waals surface area contributed by atoms with Crippen LogP contribution < -0.4 is 0 Å². The summed E-state index contributed by atoms with van der Waals surface area (Å²) in [5.41, 5.74) is 4.49. The van der Waals surface area contributed by atoms with E-state index in [0.29, 0.717) is 0 Å². The van der Waals surface area contributed by atoms with Crippen LogP contribution in [0.25, 0.3) is 0 Å². The predicted molar refractivity (Wildman–Crippen MR) is 86.1 cm³/mol. The van der Waals surface area contributed by atoms with Crippen molar-refractivity contribution < 1.29 is 17.1 Å². The van der Waals surface area contributed by atoms with Crippen molar-refractivity contribution in [1.29, 1.82) is 0 Å². The molecular weight excluding hydrogens is 284 g/mol. The monoisotopic (exact) mass is 312 g/mol. The number of rotatable bonds is 6. The zero-order valence-electron chi connectivity index (χ0n) is 13.1. The molecule has 0 aliphatic heterocycles. The van der Waals surface area contributed by atoms with Crippen molar-refractivity contribution >= 4 is 0 Å². The van der Waals surface area contributed by atoms with Crippen molar-refractivity contribution in [3.05, 3.63) is 59.2 Å². The summed E-state index contributed by atoms with van der Waals surface area (Å²) in [5.74, 6) is 0. The summed E-state index contributed by atoms with van der Waals surface area (Å²) in [6, 6.07) is 15.4. The van der Waals surface area contributed by atoms with Gasteiger partial charge in [-0.2, -0.15) is 41.0 Å². The molecule has 0 radical (unpaired) electrons. The smallest absolute Gasteiger partial charge is 0.213 e. The molecule has 2 rings (SSSR count). The molecule has 20 heavy (non-hydrogen) atoms. The molecule has 1 heteroatoms. The molecule has 0 aliphatic carbocycles. The fourth-order valence-corrected chi connectivity index (χ4v) is 2.31. The standard InChI is InChI=1S/C11H17.C8H11.Fe/c1-3-5-10-7-8-11(9-10)6-4-2;1-2-5-8-6-3-4-7-8;/h7-9H,3-6H2,1-2H3;3-4,6-7H,2,5H2,1H3;/q2*-1;+2. The van der Waals surface area contributed by atoms with Gasteiger partial charge in [0.25, 0.3) is 0 Å². The van der Waals surface area contributed by atoms with E-state index in [1.165, 1.54) is 55.2 Å². The molecule has 0 saturated carbocycles. The fraction of sp³-hybridized carbons (Fsp3) is 0.474. The van der Waals surface area contributed by atoms with E-state index in [1.54, 1.807) is 0 Å². The van der Waals surface area contributed by atoms with Crippen molar-refractivity contribution in [3.8, 4) is 0 Å². The number of hydrogen-bond donors (Lipinski definition) is 0. The first-order chi connectivity index (χ1) is 9.30. The summed E-state index contributed by atoms with van der Waals surface area (Å²) in [5, 5.41) is 0. The van der Waals surface area contributed by atoms with Gasteiger partial charge < -0.3 is 0 Å². The molecule has 0 spiro atoms. The minimum atomic E-state index is 0. The van der Waals surface area contributed by atoms with E-state index in [2.05, 4.69) is 63.2 Å². The van der Waals surface area contributed by atoms with Gasteiger partial charge in [-0.05, 0) is 0 Å². The van der Waals surface area contributed by atoms with Crippen LogP contribution in [0.15, 0.2) is 42.5 Å². The average molecular weight is 312 g/mol.